The maximum Gasteiger partial charge on any atom is 0.356 e. The molecule has 0 bridgehead atoms. The highest BCUT2D eigenvalue weighted by molar-refractivity contribution is 6.04. The summed E-state index contributed by atoms with van der Waals surface area (Å²) in [7, 11) is 0. The van der Waals surface area contributed by atoms with Crippen LogP contribution in [0.3, 0.4) is 0 Å². The van der Waals surface area contributed by atoms with Gasteiger partial charge in [0, 0.05) is 5.69 Å². The van der Waals surface area contributed by atoms with Gasteiger partial charge in [-0.3, -0.25) is 4.79 Å². The van der Waals surface area contributed by atoms with Crippen molar-refractivity contribution in [2.24, 2.45) is 0 Å². The molecule has 0 saturated carbocycles. The van der Waals surface area contributed by atoms with Crippen LogP contribution in [0.2, 0.25) is 0 Å². The van der Waals surface area contributed by atoms with E-state index in [4.69, 9.17) is 4.74 Å². The maximum atomic E-state index is 12.5. The molecule has 24 heavy (non-hydrogen) atoms. The van der Waals surface area contributed by atoms with Crippen LogP contribution in [0.25, 0.3) is 0 Å². The number of rotatable bonds is 6. The van der Waals surface area contributed by atoms with Crippen LogP contribution in [-0.2, 0) is 4.74 Å². The van der Waals surface area contributed by atoms with E-state index in [1.165, 1.54) is 6.07 Å². The second-order valence-electron chi connectivity index (χ2n) is 5.48. The fraction of sp³-hybridized carbons (Fsp3) is 0.316. The molecule has 1 aromatic carbocycles. The lowest BCUT2D eigenvalue weighted by Gasteiger charge is -2.15. The summed E-state index contributed by atoms with van der Waals surface area (Å²) < 4.78 is 4.91. The van der Waals surface area contributed by atoms with Gasteiger partial charge >= 0.3 is 5.97 Å². The molecule has 5 nitrogen and oxygen atoms in total. The molecule has 1 atom stereocenters. The number of hydrogen-bond acceptors (Lipinski definition) is 4. The molecule has 126 valence electrons. The van der Waals surface area contributed by atoms with Crippen molar-refractivity contribution in [3.05, 3.63) is 59.4 Å². The number of para-hydroxylation sites is 1. The number of carbonyl (C=O) groups is 2. The van der Waals surface area contributed by atoms with Crippen LogP contribution in [0.1, 0.15) is 59.7 Å². The van der Waals surface area contributed by atoms with E-state index in [2.05, 4.69) is 24.1 Å². The van der Waals surface area contributed by atoms with Gasteiger partial charge in [0.15, 0.2) is 0 Å². The third-order valence-corrected chi connectivity index (χ3v) is 3.82. The molecule has 0 radical (unpaired) electrons. The normalized spacial score (nSPS) is 11.6. The highest BCUT2D eigenvalue weighted by Gasteiger charge is 2.15. The molecule has 1 amide bonds. The molecule has 0 fully saturated rings. The Hall–Kier alpha value is -2.69. The van der Waals surface area contributed by atoms with Crippen molar-refractivity contribution >= 4 is 17.6 Å². The third kappa shape index (κ3) is 4.19. The molecule has 2 aromatic rings. The Bertz CT molecular complexity index is 728. The summed E-state index contributed by atoms with van der Waals surface area (Å²) in [5, 5.41) is 2.89. The first kappa shape index (κ1) is 17.7. The first-order valence-corrected chi connectivity index (χ1v) is 8.11. The SMILES string of the molecule is CCOC(=O)c1cccc(C(=O)Nc2ccccc2C(C)CC)n1. The van der Waals surface area contributed by atoms with Gasteiger partial charge in [0.2, 0.25) is 0 Å². The fourth-order valence-electron chi connectivity index (χ4n) is 2.33. The second kappa shape index (κ2) is 8.24. The van der Waals surface area contributed by atoms with Crippen molar-refractivity contribution in [3.8, 4) is 0 Å². The highest BCUT2D eigenvalue weighted by Crippen LogP contribution is 2.26. The summed E-state index contributed by atoms with van der Waals surface area (Å²) in [6.07, 6.45) is 0.976. The fourth-order valence-corrected chi connectivity index (χ4v) is 2.33. The number of carbonyl (C=O) groups excluding carboxylic acids is 2. The number of anilines is 1. The van der Waals surface area contributed by atoms with Crippen LogP contribution in [-0.4, -0.2) is 23.5 Å². The Morgan fingerprint density at radius 2 is 1.79 bits per heavy atom. The Morgan fingerprint density at radius 3 is 2.50 bits per heavy atom. The first-order chi connectivity index (χ1) is 11.6. The quantitative estimate of drug-likeness (QED) is 0.814. The number of hydrogen-bond donors (Lipinski definition) is 1. The predicted octanol–water partition coefficient (Wildman–Crippen LogP) is 4.02. The molecule has 0 aliphatic rings. The summed E-state index contributed by atoms with van der Waals surface area (Å²) in [5.74, 6) is -0.551. The van der Waals surface area contributed by atoms with E-state index < -0.39 is 5.97 Å². The van der Waals surface area contributed by atoms with Gasteiger partial charge in [0.05, 0.1) is 6.61 Å². The Labute approximate surface area is 142 Å². The summed E-state index contributed by atoms with van der Waals surface area (Å²) in [4.78, 5) is 28.3. The van der Waals surface area contributed by atoms with Crippen LogP contribution in [0.4, 0.5) is 5.69 Å². The van der Waals surface area contributed by atoms with Crippen LogP contribution < -0.4 is 5.32 Å². The number of nitrogens with zero attached hydrogens (tertiary/aromatic N) is 1. The molecular formula is C19H22N2O3. The smallest absolute Gasteiger partial charge is 0.356 e. The number of benzene rings is 1. The van der Waals surface area contributed by atoms with Crippen molar-refractivity contribution in [1.82, 2.24) is 4.98 Å². The molecule has 1 unspecified atom stereocenters. The predicted molar refractivity (Wildman–Crippen MR) is 93.3 cm³/mol. The van der Waals surface area contributed by atoms with Gasteiger partial charge in [-0.05, 0) is 43.0 Å². The lowest BCUT2D eigenvalue weighted by atomic mass is 9.97. The van der Waals surface area contributed by atoms with Crippen molar-refractivity contribution in [2.45, 2.75) is 33.1 Å². The standard InChI is InChI=1S/C19H22N2O3/c1-4-13(3)14-9-6-7-10-15(14)21-18(22)16-11-8-12-17(20-16)19(23)24-5-2/h6-13H,4-5H2,1-3H3,(H,21,22). The van der Waals surface area contributed by atoms with E-state index >= 15 is 0 Å². The van der Waals surface area contributed by atoms with E-state index in [1.807, 2.05) is 24.3 Å². The van der Waals surface area contributed by atoms with Gasteiger partial charge in [-0.2, -0.15) is 0 Å². The number of ether oxygens (including phenoxy) is 1. The van der Waals surface area contributed by atoms with E-state index in [1.54, 1.807) is 19.1 Å². The monoisotopic (exact) mass is 326 g/mol. The minimum Gasteiger partial charge on any atom is -0.461 e. The summed E-state index contributed by atoms with van der Waals surface area (Å²) in [6, 6.07) is 12.4. The lowest BCUT2D eigenvalue weighted by Crippen LogP contribution is -2.17. The van der Waals surface area contributed by atoms with Gasteiger partial charge in [0.1, 0.15) is 11.4 Å². The molecule has 2 rings (SSSR count). The van der Waals surface area contributed by atoms with E-state index in [0.29, 0.717) is 5.92 Å². The Balaban J connectivity index is 2.22. The molecule has 0 saturated heterocycles. The van der Waals surface area contributed by atoms with E-state index in [0.717, 1.165) is 17.7 Å². The minimum absolute atomic E-state index is 0.125. The lowest BCUT2D eigenvalue weighted by molar-refractivity contribution is 0.0519. The number of aromatic nitrogens is 1. The molecule has 1 N–H and O–H groups in total. The van der Waals surface area contributed by atoms with Crippen molar-refractivity contribution < 1.29 is 14.3 Å². The van der Waals surface area contributed by atoms with Crippen LogP contribution >= 0.6 is 0 Å². The third-order valence-electron chi connectivity index (χ3n) is 3.82. The molecule has 1 aromatic heterocycles. The average molecular weight is 326 g/mol. The van der Waals surface area contributed by atoms with Crippen molar-refractivity contribution in [2.75, 3.05) is 11.9 Å². The summed E-state index contributed by atoms with van der Waals surface area (Å²) in [5.41, 5.74) is 2.15. The number of amides is 1. The molecule has 1 heterocycles. The largest absolute Gasteiger partial charge is 0.461 e. The molecule has 0 aliphatic carbocycles. The Kier molecular flexibility index (Phi) is 6.07. The van der Waals surface area contributed by atoms with Crippen LogP contribution in [0.5, 0.6) is 0 Å². The maximum absolute atomic E-state index is 12.5. The first-order valence-electron chi connectivity index (χ1n) is 8.11. The minimum atomic E-state index is -0.535. The number of pyridine rings is 1. The number of esters is 1. The van der Waals surface area contributed by atoms with Crippen molar-refractivity contribution in [1.29, 1.82) is 0 Å². The zero-order valence-corrected chi connectivity index (χ0v) is 14.2. The molecule has 5 heteroatoms. The van der Waals surface area contributed by atoms with Gasteiger partial charge < -0.3 is 10.1 Å². The summed E-state index contributed by atoms with van der Waals surface area (Å²) >= 11 is 0. The van der Waals surface area contributed by atoms with Gasteiger partial charge in [-0.15, -0.1) is 0 Å². The molecular weight excluding hydrogens is 304 g/mol. The molecule has 0 aliphatic heterocycles. The van der Waals surface area contributed by atoms with E-state index in [-0.39, 0.29) is 23.9 Å². The zero-order valence-electron chi connectivity index (χ0n) is 14.2. The Morgan fingerprint density at radius 1 is 1.08 bits per heavy atom. The van der Waals surface area contributed by atoms with Gasteiger partial charge in [0.25, 0.3) is 5.91 Å². The van der Waals surface area contributed by atoms with E-state index in [9.17, 15) is 9.59 Å². The highest BCUT2D eigenvalue weighted by atomic mass is 16.5. The van der Waals surface area contributed by atoms with Gasteiger partial charge in [-0.1, -0.05) is 38.1 Å². The van der Waals surface area contributed by atoms with Crippen molar-refractivity contribution in [3.63, 3.8) is 0 Å². The zero-order chi connectivity index (χ0) is 17.5. The molecule has 0 spiro atoms. The van der Waals surface area contributed by atoms with Gasteiger partial charge in [-0.25, -0.2) is 9.78 Å². The van der Waals surface area contributed by atoms with Crippen LogP contribution in [0, 0.1) is 0 Å². The average Bonchev–Trinajstić information content (AvgIpc) is 2.61. The number of nitrogens with one attached hydrogen (secondary N) is 1. The second-order valence-corrected chi connectivity index (χ2v) is 5.48. The van der Waals surface area contributed by atoms with Crippen LogP contribution in [0.15, 0.2) is 42.5 Å². The summed E-state index contributed by atoms with van der Waals surface area (Å²) in [6.45, 7) is 6.21. The topological polar surface area (TPSA) is 68.3 Å².